The SMILES string of the molecule is C=C1[C@H](C(=O)Nc2ccc(F)cc2)[C@H]1C(=O)Nc1ccc(F)cc1. The van der Waals surface area contributed by atoms with E-state index in [4.69, 9.17) is 0 Å². The molecule has 122 valence electrons. The molecule has 3 rings (SSSR count). The van der Waals surface area contributed by atoms with Crippen LogP contribution in [0.5, 0.6) is 0 Å². The number of hydrogen-bond donors (Lipinski definition) is 2. The van der Waals surface area contributed by atoms with Crippen LogP contribution < -0.4 is 10.6 Å². The topological polar surface area (TPSA) is 58.2 Å². The molecule has 2 aromatic rings. The van der Waals surface area contributed by atoms with Crippen molar-refractivity contribution in [3.63, 3.8) is 0 Å². The molecule has 0 radical (unpaired) electrons. The van der Waals surface area contributed by atoms with E-state index < -0.39 is 23.5 Å². The van der Waals surface area contributed by atoms with Crippen LogP contribution in [0.1, 0.15) is 0 Å². The normalized spacial score (nSPS) is 18.8. The number of halogens is 2. The molecule has 0 aliphatic heterocycles. The van der Waals surface area contributed by atoms with Crippen LogP contribution in [-0.2, 0) is 9.59 Å². The van der Waals surface area contributed by atoms with Crippen molar-refractivity contribution in [2.45, 2.75) is 0 Å². The fourth-order valence-corrected chi connectivity index (χ4v) is 2.46. The fourth-order valence-electron chi connectivity index (χ4n) is 2.46. The molecule has 6 heteroatoms. The highest BCUT2D eigenvalue weighted by molar-refractivity contribution is 6.08. The van der Waals surface area contributed by atoms with E-state index in [1.807, 2.05) is 0 Å². The van der Waals surface area contributed by atoms with Gasteiger partial charge in [0.25, 0.3) is 0 Å². The Labute approximate surface area is 137 Å². The van der Waals surface area contributed by atoms with Gasteiger partial charge in [0.15, 0.2) is 0 Å². The van der Waals surface area contributed by atoms with E-state index in [9.17, 15) is 18.4 Å². The van der Waals surface area contributed by atoms with Gasteiger partial charge in [-0.05, 0) is 48.5 Å². The zero-order valence-corrected chi connectivity index (χ0v) is 12.6. The predicted octanol–water partition coefficient (Wildman–Crippen LogP) is 3.34. The molecule has 0 heterocycles. The maximum Gasteiger partial charge on any atom is 0.232 e. The Bertz CT molecular complexity index is 733. The number of rotatable bonds is 4. The van der Waals surface area contributed by atoms with Crippen molar-refractivity contribution in [3.05, 3.63) is 72.3 Å². The lowest BCUT2D eigenvalue weighted by molar-refractivity contribution is -0.122. The fraction of sp³-hybridized carbons (Fsp3) is 0.111. The minimum atomic E-state index is -0.629. The van der Waals surface area contributed by atoms with Gasteiger partial charge in [0, 0.05) is 11.4 Å². The average molecular weight is 328 g/mol. The van der Waals surface area contributed by atoms with Crippen molar-refractivity contribution in [2.24, 2.45) is 11.8 Å². The quantitative estimate of drug-likeness (QED) is 0.846. The number of carbonyl (C=O) groups is 2. The first-order valence-electron chi connectivity index (χ1n) is 7.27. The van der Waals surface area contributed by atoms with Gasteiger partial charge in [-0.3, -0.25) is 9.59 Å². The molecule has 0 saturated heterocycles. The lowest BCUT2D eigenvalue weighted by Gasteiger charge is -2.05. The Kier molecular flexibility index (Phi) is 4.12. The molecular weight excluding hydrogens is 314 g/mol. The van der Waals surface area contributed by atoms with E-state index in [-0.39, 0.29) is 11.8 Å². The van der Waals surface area contributed by atoms with Crippen LogP contribution >= 0.6 is 0 Å². The first kappa shape index (κ1) is 15.9. The van der Waals surface area contributed by atoms with Gasteiger partial charge in [0.05, 0.1) is 11.8 Å². The van der Waals surface area contributed by atoms with Crippen molar-refractivity contribution < 1.29 is 18.4 Å². The van der Waals surface area contributed by atoms with Gasteiger partial charge in [-0.2, -0.15) is 0 Å². The molecule has 1 aliphatic rings. The largest absolute Gasteiger partial charge is 0.326 e. The van der Waals surface area contributed by atoms with Crippen LogP contribution in [0.15, 0.2) is 60.7 Å². The molecule has 0 unspecified atom stereocenters. The van der Waals surface area contributed by atoms with E-state index in [0.29, 0.717) is 16.9 Å². The summed E-state index contributed by atoms with van der Waals surface area (Å²) in [5.41, 5.74) is 1.40. The zero-order chi connectivity index (χ0) is 17.3. The van der Waals surface area contributed by atoms with Crippen LogP contribution in [0.2, 0.25) is 0 Å². The summed E-state index contributed by atoms with van der Waals surface area (Å²) in [4.78, 5) is 24.4. The molecule has 0 spiro atoms. The minimum Gasteiger partial charge on any atom is -0.326 e. The molecule has 1 aliphatic carbocycles. The zero-order valence-electron chi connectivity index (χ0n) is 12.6. The lowest BCUT2D eigenvalue weighted by atomic mass is 10.2. The lowest BCUT2D eigenvalue weighted by Crippen LogP contribution is -2.20. The third-order valence-electron chi connectivity index (χ3n) is 3.81. The highest BCUT2D eigenvalue weighted by Crippen LogP contribution is 2.45. The van der Waals surface area contributed by atoms with Crippen LogP contribution in [0.3, 0.4) is 0 Å². The summed E-state index contributed by atoms with van der Waals surface area (Å²) in [6.45, 7) is 3.74. The summed E-state index contributed by atoms with van der Waals surface area (Å²) in [6, 6.07) is 10.7. The van der Waals surface area contributed by atoms with Gasteiger partial charge >= 0.3 is 0 Å². The number of carbonyl (C=O) groups excluding carboxylic acids is 2. The number of amides is 2. The van der Waals surface area contributed by atoms with Crippen LogP contribution in [0.4, 0.5) is 20.2 Å². The summed E-state index contributed by atoms with van der Waals surface area (Å²) in [5, 5.41) is 5.24. The Morgan fingerprint density at radius 3 is 1.42 bits per heavy atom. The van der Waals surface area contributed by atoms with E-state index in [1.54, 1.807) is 0 Å². The molecule has 1 saturated carbocycles. The second-order valence-electron chi connectivity index (χ2n) is 5.52. The molecule has 4 nitrogen and oxygen atoms in total. The average Bonchev–Trinajstić information content (AvgIpc) is 3.23. The second kappa shape index (κ2) is 6.23. The van der Waals surface area contributed by atoms with E-state index in [1.165, 1.54) is 48.5 Å². The third-order valence-corrected chi connectivity index (χ3v) is 3.81. The minimum absolute atomic E-state index is 0.370. The van der Waals surface area contributed by atoms with Crippen LogP contribution in [0, 0.1) is 23.5 Å². The van der Waals surface area contributed by atoms with Gasteiger partial charge in [-0.15, -0.1) is 0 Å². The Morgan fingerprint density at radius 1 is 0.750 bits per heavy atom. The van der Waals surface area contributed by atoms with Crippen molar-refractivity contribution in [1.82, 2.24) is 0 Å². The highest BCUT2D eigenvalue weighted by atomic mass is 19.1. The number of hydrogen-bond acceptors (Lipinski definition) is 2. The van der Waals surface area contributed by atoms with Crippen molar-refractivity contribution >= 4 is 23.2 Å². The van der Waals surface area contributed by atoms with Crippen LogP contribution in [-0.4, -0.2) is 11.8 Å². The van der Waals surface area contributed by atoms with E-state index in [0.717, 1.165) is 0 Å². The molecule has 1 fully saturated rings. The second-order valence-corrected chi connectivity index (χ2v) is 5.52. The molecule has 0 bridgehead atoms. The van der Waals surface area contributed by atoms with Crippen molar-refractivity contribution in [1.29, 1.82) is 0 Å². The molecule has 2 atom stereocenters. The molecule has 2 aromatic carbocycles. The van der Waals surface area contributed by atoms with Gasteiger partial charge in [-0.1, -0.05) is 12.2 Å². The Morgan fingerprint density at radius 2 is 1.08 bits per heavy atom. The Hall–Kier alpha value is -3.02. The van der Waals surface area contributed by atoms with Gasteiger partial charge in [0.2, 0.25) is 11.8 Å². The third kappa shape index (κ3) is 3.32. The number of anilines is 2. The maximum atomic E-state index is 12.9. The Balaban J connectivity index is 1.61. The first-order valence-corrected chi connectivity index (χ1v) is 7.27. The molecular formula is C18H14F2N2O2. The molecule has 2 N–H and O–H groups in total. The monoisotopic (exact) mass is 328 g/mol. The van der Waals surface area contributed by atoms with E-state index in [2.05, 4.69) is 17.2 Å². The predicted molar refractivity (Wildman–Crippen MR) is 86.2 cm³/mol. The van der Waals surface area contributed by atoms with E-state index >= 15 is 0 Å². The molecule has 2 amide bonds. The summed E-state index contributed by atoms with van der Waals surface area (Å²) < 4.78 is 25.7. The summed E-state index contributed by atoms with van der Waals surface area (Å²) >= 11 is 0. The maximum absolute atomic E-state index is 12.9. The van der Waals surface area contributed by atoms with Gasteiger partial charge in [0.1, 0.15) is 11.6 Å². The summed E-state index contributed by atoms with van der Waals surface area (Å²) in [6.07, 6.45) is 0. The molecule has 0 aromatic heterocycles. The summed E-state index contributed by atoms with van der Waals surface area (Å²) in [7, 11) is 0. The van der Waals surface area contributed by atoms with Crippen molar-refractivity contribution in [2.75, 3.05) is 10.6 Å². The number of benzene rings is 2. The molecule has 24 heavy (non-hydrogen) atoms. The standard InChI is InChI=1S/C18H14F2N2O2/c1-10-15(17(23)21-13-6-2-11(19)3-7-13)16(10)18(24)22-14-8-4-12(20)5-9-14/h2-9,15-16H,1H2,(H,21,23)(H,22,24)/t15-,16-/m0/s1. The summed E-state index contributed by atoms with van der Waals surface area (Å²) in [5.74, 6) is -2.80. The number of nitrogens with one attached hydrogen (secondary N) is 2. The van der Waals surface area contributed by atoms with Crippen molar-refractivity contribution in [3.8, 4) is 0 Å². The smallest absolute Gasteiger partial charge is 0.232 e. The van der Waals surface area contributed by atoms with Gasteiger partial charge in [-0.25, -0.2) is 8.78 Å². The van der Waals surface area contributed by atoms with Gasteiger partial charge < -0.3 is 10.6 Å². The highest BCUT2D eigenvalue weighted by Gasteiger charge is 2.52. The first-order chi connectivity index (χ1) is 11.5. The van der Waals surface area contributed by atoms with Crippen LogP contribution in [0.25, 0.3) is 0 Å².